The van der Waals surface area contributed by atoms with Gasteiger partial charge in [-0.15, -0.1) is 0 Å². The smallest absolute Gasteiger partial charge is 0 e. The summed E-state index contributed by atoms with van der Waals surface area (Å²) in [6.07, 6.45) is 0. The molecule has 4 heteroatoms. The first kappa shape index (κ1) is 118. The zero-order chi connectivity index (χ0) is 0. The summed E-state index contributed by atoms with van der Waals surface area (Å²) in [5, 5.41) is 0. The van der Waals surface area contributed by atoms with Crippen LogP contribution in [0.15, 0.2) is 0 Å². The summed E-state index contributed by atoms with van der Waals surface area (Å²) in [6, 6.07) is 0. The molecule has 4 heavy (non-hydrogen) atoms. The topological polar surface area (TPSA) is 0 Å². The molecular formula is BkCe2Cm. The Morgan fingerprint density at radius 2 is 0.750 bits per heavy atom. The van der Waals surface area contributed by atoms with Crippen molar-refractivity contribution >= 4 is 0 Å². The summed E-state index contributed by atoms with van der Waals surface area (Å²) in [5.74, 6) is 0. The molecule has 0 rings (SSSR count). The molecular weight excluding hydrogens is 774 g/mol. The fourth-order valence-corrected chi connectivity index (χ4v) is 0. The third-order valence-corrected chi connectivity index (χ3v) is 0. The van der Waals surface area contributed by atoms with Crippen LogP contribution >= 0.6 is 0 Å². The Morgan fingerprint density at radius 1 is 0.750 bits per heavy atom. The summed E-state index contributed by atoms with van der Waals surface area (Å²) < 4.78 is 0. The molecule has 0 aliphatic heterocycles. The summed E-state index contributed by atoms with van der Waals surface area (Å²) in [5.41, 5.74) is 0. The van der Waals surface area contributed by atoms with E-state index in [1.54, 1.807) is 0 Å². The van der Waals surface area contributed by atoms with E-state index in [4.69, 9.17) is 0 Å². The van der Waals surface area contributed by atoms with Crippen molar-refractivity contribution in [1.82, 2.24) is 0 Å². The van der Waals surface area contributed by atoms with Gasteiger partial charge < -0.3 is 0 Å². The van der Waals surface area contributed by atoms with Crippen molar-refractivity contribution in [2.24, 2.45) is 0 Å². The minimum Gasteiger partial charge on any atom is 0 e. The monoisotopic (exact) mass is 770 g/mol. The fraction of sp³-hybridized carbons (Fsp3) is 0. The van der Waals surface area contributed by atoms with Crippen LogP contribution in [0.25, 0.3) is 0 Å². The van der Waals surface area contributed by atoms with Gasteiger partial charge >= 0.3 is 0 Å². The number of hydrogen-bond donors (Lipinski definition) is 0. The summed E-state index contributed by atoms with van der Waals surface area (Å²) >= 11 is 0. The predicted molar refractivity (Wildman–Crippen MR) is 0 cm³/mol. The molecule has 0 N–H and O–H groups in total. The molecule has 0 amide bonds. The van der Waals surface area contributed by atoms with Crippen molar-refractivity contribution in [2.75, 3.05) is 0 Å². The van der Waals surface area contributed by atoms with Crippen molar-refractivity contribution in [3.63, 3.8) is 0 Å². The van der Waals surface area contributed by atoms with Gasteiger partial charge in [-0.3, -0.25) is 0 Å². The van der Waals surface area contributed by atoms with Gasteiger partial charge in [0.2, 0.25) is 0 Å². The maximum Gasteiger partial charge on any atom is 0 e. The first-order chi connectivity index (χ1) is 0. The SMILES string of the molecule is [Bk].[Ce].[Ce].[Cm]. The molecule has 0 fully saturated rings. The molecule has 0 aromatic carbocycles. The van der Waals surface area contributed by atoms with E-state index in [9.17, 15) is 0 Å². The van der Waals surface area contributed by atoms with E-state index in [2.05, 4.69) is 0 Å². The zero-order valence-corrected chi connectivity index (χ0v) is 13.7. The van der Waals surface area contributed by atoms with Gasteiger partial charge in [-0.1, -0.05) is 0 Å². The van der Waals surface area contributed by atoms with Gasteiger partial charge in [-0.25, -0.2) is 0 Å². The van der Waals surface area contributed by atoms with E-state index in [-0.39, 0.29) is 83.5 Å². The van der Waals surface area contributed by atoms with E-state index in [0.29, 0.717) is 0 Å². The summed E-state index contributed by atoms with van der Waals surface area (Å²) in [4.78, 5) is 0. The maximum atomic E-state index is 0. The predicted octanol–water partition coefficient (Wildman–Crippen LogP) is 0. The largest absolute Gasteiger partial charge is 0 e. The molecule has 0 unspecified atom stereocenters. The van der Waals surface area contributed by atoms with Crippen LogP contribution in [0.1, 0.15) is 0 Å². The summed E-state index contributed by atoms with van der Waals surface area (Å²) in [7, 11) is 0. The van der Waals surface area contributed by atoms with E-state index in [1.807, 2.05) is 0 Å². The molecule has 0 aromatic rings. The third-order valence-electron chi connectivity index (χ3n) is 0. The number of rotatable bonds is 0. The van der Waals surface area contributed by atoms with Crippen molar-refractivity contribution in [3.05, 3.63) is 0 Å². The van der Waals surface area contributed by atoms with Gasteiger partial charge in [0.1, 0.15) is 0 Å². The first-order valence-corrected chi connectivity index (χ1v) is 0. The van der Waals surface area contributed by atoms with Crippen molar-refractivity contribution < 1.29 is 83.5 Å². The van der Waals surface area contributed by atoms with Crippen molar-refractivity contribution in [3.8, 4) is 0 Å². The average Bonchev–Trinajstić information content (AvgIpc) is 0. The Labute approximate surface area is 81.1 Å². The van der Waals surface area contributed by atoms with E-state index < -0.39 is 0 Å². The quantitative estimate of drug-likeness (QED) is 0.326. The Balaban J connectivity index is 0. The molecule has 0 aliphatic carbocycles. The fourth-order valence-electron chi connectivity index (χ4n) is 0. The van der Waals surface area contributed by atoms with Crippen LogP contribution in [-0.2, 0) is 0 Å². The van der Waals surface area contributed by atoms with Gasteiger partial charge in [-0.2, -0.15) is 0 Å². The number of hydrogen-bond acceptors (Lipinski definition) is 0. The molecule has 0 saturated carbocycles. The molecule has 0 aliphatic rings. The Bertz CT molecular complexity index is 6.00. The molecule has 0 heterocycles. The second kappa shape index (κ2) is 50.1. The molecule has 0 bridgehead atoms. The third kappa shape index (κ3) is 14.9. The Hall–Kier alpha value is 0.753. The average molecular weight is 774 g/mol. The first-order valence-electron chi connectivity index (χ1n) is 0. The van der Waals surface area contributed by atoms with Crippen LogP contribution in [0, 0.1) is 83.5 Å². The normalized spacial score (nSPS) is 0. The van der Waals surface area contributed by atoms with Crippen LogP contribution in [0.3, 0.4) is 0 Å². The van der Waals surface area contributed by atoms with E-state index in [1.165, 1.54) is 0 Å². The molecule has 1 radical (unpaired) electrons. The maximum absolute atomic E-state index is 0. The van der Waals surface area contributed by atoms with E-state index >= 15 is 0 Å². The minimum atomic E-state index is 0. The van der Waals surface area contributed by atoms with Crippen LogP contribution in [0.5, 0.6) is 0 Å². The van der Waals surface area contributed by atoms with Gasteiger partial charge in [0.05, 0.1) is 0 Å². The van der Waals surface area contributed by atoms with Crippen molar-refractivity contribution in [1.29, 1.82) is 0 Å². The molecule has 0 atom stereocenters. The Morgan fingerprint density at radius 3 is 0.750 bits per heavy atom. The van der Waals surface area contributed by atoms with Crippen molar-refractivity contribution in [2.45, 2.75) is 0 Å². The van der Waals surface area contributed by atoms with E-state index in [0.717, 1.165) is 0 Å². The molecule has 25 valence electrons. The van der Waals surface area contributed by atoms with Gasteiger partial charge in [-0.05, 0) is 0 Å². The Kier molecular flexibility index (Phi) is 1480. The minimum absolute atomic E-state index is 0. The van der Waals surface area contributed by atoms with Crippen LogP contribution in [0.2, 0.25) is 0 Å². The molecule has 0 spiro atoms. The van der Waals surface area contributed by atoms with Gasteiger partial charge in [0.25, 0.3) is 0 Å². The summed E-state index contributed by atoms with van der Waals surface area (Å²) in [6.45, 7) is 0. The zero-order valence-electron chi connectivity index (χ0n) is 1.69. The molecule has 0 aromatic heterocycles. The van der Waals surface area contributed by atoms with Gasteiger partial charge in [0, 0.05) is 83.5 Å². The standard InChI is InChI=1S/Bk.2Ce.Cm. The second-order valence-electron chi connectivity index (χ2n) is 0. The van der Waals surface area contributed by atoms with Crippen LogP contribution < -0.4 is 0 Å². The second-order valence-corrected chi connectivity index (χ2v) is 0. The van der Waals surface area contributed by atoms with Gasteiger partial charge in [0.15, 0.2) is 0 Å². The molecule has 0 nitrogen and oxygen atoms in total. The van der Waals surface area contributed by atoms with Crippen LogP contribution in [-0.4, -0.2) is 0 Å². The molecule has 0 saturated heterocycles. The van der Waals surface area contributed by atoms with Crippen LogP contribution in [0.4, 0.5) is 0 Å².